The first kappa shape index (κ1) is 20.2. The number of aromatic nitrogens is 1. The van der Waals surface area contributed by atoms with Crippen molar-refractivity contribution in [2.24, 2.45) is 0 Å². The molecule has 1 unspecified atom stereocenters. The van der Waals surface area contributed by atoms with Crippen LogP contribution < -0.4 is 9.47 Å². The maximum Gasteiger partial charge on any atom is 0.254 e. The quantitative estimate of drug-likeness (QED) is 0.466. The van der Waals surface area contributed by atoms with Crippen LogP contribution in [0.3, 0.4) is 0 Å². The molecule has 152 valence electrons. The molecular weight excluding hydrogens is 452 g/mol. The van der Waals surface area contributed by atoms with Gasteiger partial charge in [0, 0.05) is 12.1 Å². The molecule has 0 spiro atoms. The van der Waals surface area contributed by atoms with Crippen LogP contribution in [0.5, 0.6) is 11.5 Å². The number of para-hydroxylation sites is 1. The summed E-state index contributed by atoms with van der Waals surface area (Å²) in [4.78, 5) is 20.3. The van der Waals surface area contributed by atoms with E-state index in [0.29, 0.717) is 23.7 Å². The second-order valence-corrected chi connectivity index (χ2v) is 8.87. The maximum atomic E-state index is 13.5. The number of methoxy groups -OCH3 is 1. The summed E-state index contributed by atoms with van der Waals surface area (Å²) in [7, 11) is 1.59. The first-order valence-electron chi connectivity index (χ1n) is 9.79. The number of carbonyl (C=O) groups is 1. The number of hydrogen-bond donors (Lipinski definition) is 0. The third-order valence-electron chi connectivity index (χ3n) is 5.12. The number of amides is 1. The van der Waals surface area contributed by atoms with E-state index in [2.05, 4.69) is 22.0 Å². The Morgan fingerprint density at radius 1 is 1.31 bits per heavy atom. The lowest BCUT2D eigenvalue weighted by atomic mass is 10.0. The van der Waals surface area contributed by atoms with Crippen molar-refractivity contribution in [1.82, 2.24) is 9.88 Å². The number of thiazole rings is 1. The van der Waals surface area contributed by atoms with Gasteiger partial charge in [-0.2, -0.15) is 0 Å². The highest BCUT2D eigenvalue weighted by Crippen LogP contribution is 2.40. The molecular formula is C22H23BrN2O3S. The molecule has 1 aliphatic rings. The number of rotatable bonds is 5. The van der Waals surface area contributed by atoms with E-state index in [-0.39, 0.29) is 11.9 Å². The lowest BCUT2D eigenvalue weighted by molar-refractivity contribution is 0.0611. The molecule has 7 heteroatoms. The third kappa shape index (κ3) is 3.98. The van der Waals surface area contributed by atoms with Gasteiger partial charge in [0.2, 0.25) is 0 Å². The number of halogens is 1. The van der Waals surface area contributed by atoms with Crippen molar-refractivity contribution in [1.29, 1.82) is 0 Å². The zero-order chi connectivity index (χ0) is 20.4. The van der Waals surface area contributed by atoms with Crippen molar-refractivity contribution in [3.63, 3.8) is 0 Å². The van der Waals surface area contributed by atoms with Gasteiger partial charge in [0.25, 0.3) is 5.91 Å². The van der Waals surface area contributed by atoms with E-state index in [4.69, 9.17) is 14.5 Å². The number of piperidine rings is 1. The summed E-state index contributed by atoms with van der Waals surface area (Å²) in [6.07, 6.45) is 3.03. The highest BCUT2D eigenvalue weighted by molar-refractivity contribution is 9.10. The van der Waals surface area contributed by atoms with Crippen LogP contribution >= 0.6 is 27.3 Å². The van der Waals surface area contributed by atoms with Crippen molar-refractivity contribution >= 4 is 43.4 Å². The van der Waals surface area contributed by atoms with Gasteiger partial charge in [-0.25, -0.2) is 4.98 Å². The summed E-state index contributed by atoms with van der Waals surface area (Å²) < 4.78 is 13.0. The van der Waals surface area contributed by atoms with Crippen molar-refractivity contribution in [3.05, 3.63) is 51.4 Å². The van der Waals surface area contributed by atoms with E-state index in [0.717, 1.165) is 45.5 Å². The summed E-state index contributed by atoms with van der Waals surface area (Å²) in [6.45, 7) is 3.17. The predicted octanol–water partition coefficient (Wildman–Crippen LogP) is 5.83. The van der Waals surface area contributed by atoms with E-state index in [1.54, 1.807) is 24.5 Å². The molecule has 3 aromatic rings. The van der Waals surface area contributed by atoms with Gasteiger partial charge in [-0.3, -0.25) is 4.79 Å². The lowest BCUT2D eigenvalue weighted by Crippen LogP contribution is -2.38. The van der Waals surface area contributed by atoms with E-state index in [1.165, 1.54) is 0 Å². The van der Waals surface area contributed by atoms with Crippen molar-refractivity contribution in [2.75, 3.05) is 20.3 Å². The van der Waals surface area contributed by atoms with Crippen LogP contribution in [0.15, 0.2) is 40.9 Å². The second kappa shape index (κ2) is 8.71. The molecule has 1 atom stereocenters. The SMILES string of the molecule is CCOc1c(Br)cc(C(=O)N2CCCCC2c2nc3ccccc3s2)cc1OC. The molecule has 29 heavy (non-hydrogen) atoms. The average Bonchev–Trinajstić information content (AvgIpc) is 3.18. The predicted molar refractivity (Wildman–Crippen MR) is 119 cm³/mol. The summed E-state index contributed by atoms with van der Waals surface area (Å²) in [5, 5.41) is 1.01. The average molecular weight is 475 g/mol. The molecule has 1 amide bonds. The Bertz CT molecular complexity index is 1000. The molecule has 0 N–H and O–H groups in total. The zero-order valence-electron chi connectivity index (χ0n) is 16.5. The number of benzene rings is 2. The highest BCUT2D eigenvalue weighted by atomic mass is 79.9. The van der Waals surface area contributed by atoms with Gasteiger partial charge in [-0.15, -0.1) is 11.3 Å². The Hall–Kier alpha value is -2.12. The zero-order valence-corrected chi connectivity index (χ0v) is 18.9. The van der Waals surface area contributed by atoms with E-state index in [9.17, 15) is 4.79 Å². The van der Waals surface area contributed by atoms with Crippen LogP contribution in [-0.4, -0.2) is 36.1 Å². The fourth-order valence-electron chi connectivity index (χ4n) is 3.76. The Morgan fingerprint density at radius 3 is 2.90 bits per heavy atom. The first-order valence-corrected chi connectivity index (χ1v) is 11.4. The molecule has 2 heterocycles. The number of nitrogens with zero attached hydrogens (tertiary/aromatic N) is 2. The molecule has 0 aliphatic carbocycles. The normalized spacial score (nSPS) is 16.8. The minimum absolute atomic E-state index is 0.00370. The van der Waals surface area contributed by atoms with Gasteiger partial charge in [0.05, 0.1) is 34.4 Å². The fraction of sp³-hybridized carbons (Fsp3) is 0.364. The summed E-state index contributed by atoms with van der Waals surface area (Å²) >= 11 is 5.21. The van der Waals surface area contributed by atoms with Crippen LogP contribution in [0.4, 0.5) is 0 Å². The van der Waals surface area contributed by atoms with E-state index < -0.39 is 0 Å². The number of hydrogen-bond acceptors (Lipinski definition) is 5. The van der Waals surface area contributed by atoms with Crippen molar-refractivity contribution in [2.45, 2.75) is 32.2 Å². The molecule has 5 nitrogen and oxygen atoms in total. The number of ether oxygens (including phenoxy) is 2. The van der Waals surface area contributed by atoms with E-state index >= 15 is 0 Å². The summed E-state index contributed by atoms with van der Waals surface area (Å²) in [5.41, 5.74) is 1.58. The van der Waals surface area contributed by atoms with Crippen LogP contribution in [0.2, 0.25) is 0 Å². The van der Waals surface area contributed by atoms with Gasteiger partial charge in [0.1, 0.15) is 5.01 Å². The Kier molecular flexibility index (Phi) is 6.06. The van der Waals surface area contributed by atoms with Crippen molar-refractivity contribution in [3.8, 4) is 11.5 Å². The first-order chi connectivity index (χ1) is 14.1. The molecule has 2 aromatic carbocycles. The second-order valence-electron chi connectivity index (χ2n) is 6.95. The summed E-state index contributed by atoms with van der Waals surface area (Å²) in [5.74, 6) is 1.17. The van der Waals surface area contributed by atoms with Gasteiger partial charge in [0.15, 0.2) is 11.5 Å². The van der Waals surface area contributed by atoms with Gasteiger partial charge in [-0.1, -0.05) is 12.1 Å². The number of fused-ring (bicyclic) bond motifs is 1. The molecule has 1 saturated heterocycles. The van der Waals surface area contributed by atoms with E-state index in [1.807, 2.05) is 36.1 Å². The molecule has 0 saturated carbocycles. The molecule has 0 radical (unpaired) electrons. The lowest BCUT2D eigenvalue weighted by Gasteiger charge is -2.34. The minimum Gasteiger partial charge on any atom is -0.493 e. The number of likely N-dealkylation sites (tertiary alicyclic amines) is 1. The van der Waals surface area contributed by atoms with Crippen molar-refractivity contribution < 1.29 is 14.3 Å². The molecule has 0 bridgehead atoms. The monoisotopic (exact) mass is 474 g/mol. The Labute approximate surface area is 182 Å². The van der Waals surface area contributed by atoms with Gasteiger partial charge in [-0.05, 0) is 66.4 Å². The minimum atomic E-state index is -0.00370. The van der Waals surface area contributed by atoms with Gasteiger partial charge >= 0.3 is 0 Å². The topological polar surface area (TPSA) is 51.7 Å². The molecule has 4 rings (SSSR count). The van der Waals surface area contributed by atoms with Crippen LogP contribution in [0, 0.1) is 0 Å². The largest absolute Gasteiger partial charge is 0.493 e. The van der Waals surface area contributed by atoms with Crippen LogP contribution in [0.25, 0.3) is 10.2 Å². The fourth-order valence-corrected chi connectivity index (χ4v) is 5.43. The Balaban J connectivity index is 1.68. The smallest absolute Gasteiger partial charge is 0.254 e. The highest BCUT2D eigenvalue weighted by Gasteiger charge is 2.31. The Morgan fingerprint density at radius 2 is 2.14 bits per heavy atom. The standard InChI is InChI=1S/C22H23BrN2O3S/c1-3-28-20-15(23)12-14(13-18(20)27-2)22(26)25-11-7-6-9-17(25)21-24-16-8-4-5-10-19(16)29-21/h4-5,8,10,12-13,17H,3,6-7,9,11H2,1-2H3. The van der Waals surface area contributed by atoms with Crippen LogP contribution in [-0.2, 0) is 0 Å². The molecule has 1 fully saturated rings. The summed E-state index contributed by atoms with van der Waals surface area (Å²) in [6, 6.07) is 11.7. The van der Waals surface area contributed by atoms with Gasteiger partial charge < -0.3 is 14.4 Å². The molecule has 1 aliphatic heterocycles. The third-order valence-corrected chi connectivity index (χ3v) is 6.85. The van der Waals surface area contributed by atoms with Crippen LogP contribution in [0.1, 0.15) is 47.6 Å². The number of carbonyl (C=O) groups excluding carboxylic acids is 1. The molecule has 1 aromatic heterocycles. The maximum absolute atomic E-state index is 13.5.